The average molecular weight is 620 g/mol. The first-order chi connectivity index (χ1) is 21.6. The van der Waals surface area contributed by atoms with Gasteiger partial charge in [-0.1, -0.05) is 61.9 Å². The van der Waals surface area contributed by atoms with Gasteiger partial charge in [0.1, 0.15) is 11.6 Å². The quantitative estimate of drug-likeness (QED) is 0.189. The van der Waals surface area contributed by atoms with E-state index in [0.717, 1.165) is 35.7 Å². The number of aromatic amines is 1. The number of carbonyl (C=O) groups is 2. The smallest absolute Gasteiger partial charge is 0.249 e. The Morgan fingerprint density at radius 3 is 2.40 bits per heavy atom. The number of halogens is 2. The molecule has 0 saturated carbocycles. The molecule has 1 aliphatic rings. The second kappa shape index (κ2) is 15.2. The van der Waals surface area contributed by atoms with Crippen molar-refractivity contribution in [1.29, 1.82) is 0 Å². The number of amides is 2. The molecule has 4 rings (SSSR count). The number of benzene rings is 2. The van der Waals surface area contributed by atoms with Gasteiger partial charge in [-0.25, -0.2) is 8.78 Å². The highest BCUT2D eigenvalue weighted by molar-refractivity contribution is 5.97. The number of nitrogens with zero attached hydrogens (tertiary/aromatic N) is 2. The lowest BCUT2D eigenvalue weighted by molar-refractivity contribution is -0.132. The van der Waals surface area contributed by atoms with Crippen LogP contribution in [0.2, 0.25) is 0 Å². The number of nitrogens with one attached hydrogen (secondary N) is 2. The van der Waals surface area contributed by atoms with Gasteiger partial charge in [0.05, 0.1) is 23.4 Å². The van der Waals surface area contributed by atoms with Gasteiger partial charge in [-0.15, -0.1) is 0 Å². The maximum absolute atomic E-state index is 14.3. The summed E-state index contributed by atoms with van der Waals surface area (Å²) in [5.74, 6) is -3.36. The normalized spacial score (nSPS) is 17.7. The Labute approximate surface area is 263 Å². The molecule has 0 aliphatic heterocycles. The monoisotopic (exact) mass is 619 g/mol. The number of aromatic nitrogens is 2. The summed E-state index contributed by atoms with van der Waals surface area (Å²) in [5, 5.41) is 22.2. The summed E-state index contributed by atoms with van der Waals surface area (Å²) in [6.45, 7) is 7.28. The summed E-state index contributed by atoms with van der Waals surface area (Å²) in [7, 11) is 0. The fourth-order valence-corrected chi connectivity index (χ4v) is 6.36. The van der Waals surface area contributed by atoms with Crippen LogP contribution in [0.5, 0.6) is 0 Å². The molecule has 3 aromatic rings. The van der Waals surface area contributed by atoms with Crippen molar-refractivity contribution in [2.45, 2.75) is 59.1 Å². The number of rotatable bonds is 15. The number of hydrogen-bond donors (Lipinski definition) is 4. The topological polar surface area (TPSA) is 124 Å². The van der Waals surface area contributed by atoms with Crippen LogP contribution in [0.1, 0.15) is 51.2 Å². The van der Waals surface area contributed by atoms with Crippen LogP contribution >= 0.6 is 0 Å². The zero-order valence-electron chi connectivity index (χ0n) is 26.2. The van der Waals surface area contributed by atoms with Crippen molar-refractivity contribution in [2.75, 3.05) is 19.6 Å². The predicted octanol–water partition coefficient (Wildman–Crippen LogP) is 5.06. The summed E-state index contributed by atoms with van der Waals surface area (Å²) in [5.41, 5.74) is 8.63. The van der Waals surface area contributed by atoms with Gasteiger partial charge >= 0.3 is 0 Å². The SMILES string of the molecule is CCCN(CCC)C(=O)C1=CC(C)=CC(C(N)=O)([C@H](Cc2cc(F)cc(F)c2)[C@@H](O)CNCc2cn[nH]c2-c2ccccc2)C1. The molecule has 0 saturated heterocycles. The van der Waals surface area contributed by atoms with Crippen molar-refractivity contribution in [2.24, 2.45) is 17.1 Å². The minimum atomic E-state index is -1.50. The van der Waals surface area contributed by atoms with E-state index >= 15 is 0 Å². The van der Waals surface area contributed by atoms with Crippen LogP contribution < -0.4 is 11.1 Å². The molecule has 2 amide bonds. The lowest BCUT2D eigenvalue weighted by atomic mass is 9.63. The van der Waals surface area contributed by atoms with Crippen molar-refractivity contribution >= 4 is 11.8 Å². The first kappa shape index (κ1) is 33.7. The maximum atomic E-state index is 14.3. The number of aliphatic hydroxyl groups is 1. The summed E-state index contributed by atoms with van der Waals surface area (Å²) >= 11 is 0. The van der Waals surface area contributed by atoms with Crippen molar-refractivity contribution < 1.29 is 23.5 Å². The van der Waals surface area contributed by atoms with Crippen molar-refractivity contribution in [3.05, 3.63) is 101 Å². The molecule has 0 fully saturated rings. The summed E-state index contributed by atoms with van der Waals surface area (Å²) in [6.07, 6.45) is 5.43. The number of H-pyrrole nitrogens is 1. The van der Waals surface area contributed by atoms with E-state index in [-0.39, 0.29) is 30.9 Å². The van der Waals surface area contributed by atoms with Crippen LogP contribution in [0.4, 0.5) is 8.78 Å². The van der Waals surface area contributed by atoms with E-state index < -0.39 is 35.0 Å². The van der Waals surface area contributed by atoms with Gasteiger partial charge in [-0.2, -0.15) is 5.10 Å². The van der Waals surface area contributed by atoms with Gasteiger partial charge in [0.15, 0.2) is 0 Å². The largest absolute Gasteiger partial charge is 0.391 e. The van der Waals surface area contributed by atoms with E-state index in [0.29, 0.717) is 30.8 Å². The van der Waals surface area contributed by atoms with Crippen LogP contribution in [-0.2, 0) is 22.6 Å². The Balaban J connectivity index is 1.65. The average Bonchev–Trinajstić information content (AvgIpc) is 3.47. The first-order valence-corrected chi connectivity index (χ1v) is 15.5. The highest BCUT2D eigenvalue weighted by Gasteiger charge is 2.48. The molecule has 8 nitrogen and oxygen atoms in total. The molecule has 1 heterocycles. The van der Waals surface area contributed by atoms with E-state index in [9.17, 15) is 23.5 Å². The summed E-state index contributed by atoms with van der Waals surface area (Å²) in [4.78, 5) is 29.0. The molecule has 240 valence electrons. The first-order valence-electron chi connectivity index (χ1n) is 15.5. The molecule has 0 spiro atoms. The highest BCUT2D eigenvalue weighted by atomic mass is 19.1. The minimum Gasteiger partial charge on any atom is -0.391 e. The summed E-state index contributed by atoms with van der Waals surface area (Å²) < 4.78 is 28.6. The molecule has 1 aromatic heterocycles. The van der Waals surface area contributed by atoms with Gasteiger partial charge in [-0.3, -0.25) is 14.7 Å². The van der Waals surface area contributed by atoms with E-state index in [1.165, 1.54) is 12.1 Å². The third kappa shape index (κ3) is 8.12. The molecule has 1 unspecified atom stereocenters. The zero-order valence-corrected chi connectivity index (χ0v) is 26.2. The highest BCUT2D eigenvalue weighted by Crippen LogP contribution is 2.44. The molecular weight excluding hydrogens is 576 g/mol. The van der Waals surface area contributed by atoms with Gasteiger partial charge in [0.25, 0.3) is 0 Å². The van der Waals surface area contributed by atoms with Crippen molar-refractivity contribution in [3.8, 4) is 11.3 Å². The van der Waals surface area contributed by atoms with Gasteiger partial charge in [0.2, 0.25) is 11.8 Å². The number of carbonyl (C=O) groups excluding carboxylic acids is 2. The van der Waals surface area contributed by atoms with Crippen LogP contribution in [0.15, 0.2) is 78.0 Å². The fourth-order valence-electron chi connectivity index (χ4n) is 6.36. The summed E-state index contributed by atoms with van der Waals surface area (Å²) in [6, 6.07) is 12.9. The Bertz CT molecular complexity index is 1510. The number of primary amides is 1. The van der Waals surface area contributed by atoms with E-state index in [1.807, 2.05) is 44.2 Å². The van der Waals surface area contributed by atoms with Gasteiger partial charge in [-0.05, 0) is 55.9 Å². The molecule has 3 atom stereocenters. The number of hydrogen-bond acceptors (Lipinski definition) is 5. The molecule has 1 aliphatic carbocycles. The molecule has 0 bridgehead atoms. The number of nitrogens with two attached hydrogens (primary N) is 1. The van der Waals surface area contributed by atoms with Gasteiger partial charge < -0.3 is 21.1 Å². The molecule has 0 radical (unpaired) electrons. The van der Waals surface area contributed by atoms with Gasteiger partial charge in [0, 0.05) is 49.3 Å². The van der Waals surface area contributed by atoms with Crippen LogP contribution in [-0.4, -0.2) is 57.8 Å². The molecule has 2 aromatic carbocycles. The molecular formula is C35H43F2N5O3. The number of aliphatic hydroxyl groups excluding tert-OH is 1. The fraction of sp³-hybridized carbons (Fsp3) is 0.400. The second-order valence-corrected chi connectivity index (χ2v) is 11.9. The van der Waals surface area contributed by atoms with E-state index in [1.54, 1.807) is 30.2 Å². The molecule has 45 heavy (non-hydrogen) atoms. The van der Waals surface area contributed by atoms with E-state index in [2.05, 4.69) is 15.5 Å². The molecule has 5 N–H and O–H groups in total. The Morgan fingerprint density at radius 2 is 1.78 bits per heavy atom. The zero-order chi connectivity index (χ0) is 32.6. The Hall–Kier alpha value is -4.15. The van der Waals surface area contributed by atoms with Crippen LogP contribution in [0, 0.1) is 23.0 Å². The predicted molar refractivity (Wildman–Crippen MR) is 171 cm³/mol. The standard InChI is InChI=1S/C35H43F2N5O3/c1-4-11-42(12-5-2)33(44)26-13-23(3)18-35(19-26,34(38)45)30(16-24-14-28(36)17-29(37)15-24)31(43)22-39-20-27-21-40-41-32(27)25-9-7-6-8-10-25/h6-10,13-15,17-18,21,30-31,39,43H,4-5,11-12,16,19-20,22H2,1-3H3,(H2,38,45)(H,40,41)/t30-,31+,35?/m1/s1. The lowest BCUT2D eigenvalue weighted by Gasteiger charge is -2.42. The Kier molecular flexibility index (Phi) is 11.4. The third-order valence-corrected chi connectivity index (χ3v) is 8.33. The van der Waals surface area contributed by atoms with Crippen LogP contribution in [0.25, 0.3) is 11.3 Å². The second-order valence-electron chi connectivity index (χ2n) is 11.9. The van der Waals surface area contributed by atoms with E-state index in [4.69, 9.17) is 5.73 Å². The van der Waals surface area contributed by atoms with Crippen molar-refractivity contribution in [1.82, 2.24) is 20.4 Å². The third-order valence-electron chi connectivity index (χ3n) is 8.33. The lowest BCUT2D eigenvalue weighted by Crippen LogP contribution is -2.51. The number of allylic oxidation sites excluding steroid dienone is 2. The maximum Gasteiger partial charge on any atom is 0.249 e. The van der Waals surface area contributed by atoms with Crippen molar-refractivity contribution in [3.63, 3.8) is 0 Å². The Morgan fingerprint density at radius 1 is 1.11 bits per heavy atom. The minimum absolute atomic E-state index is 0.0363. The molecule has 10 heteroatoms. The van der Waals surface area contributed by atoms with Crippen LogP contribution in [0.3, 0.4) is 0 Å².